The third kappa shape index (κ3) is 17.7. The molecule has 0 radical (unpaired) electrons. The van der Waals surface area contributed by atoms with Crippen LogP contribution in [0.25, 0.3) is 0 Å². The molecule has 0 aromatic rings. The molecule has 0 atom stereocenters. The molecule has 0 aromatic carbocycles. The summed E-state index contributed by atoms with van der Waals surface area (Å²) in [6.45, 7) is 7.46. The summed E-state index contributed by atoms with van der Waals surface area (Å²) < 4.78 is 28.1. The van der Waals surface area contributed by atoms with Gasteiger partial charge in [0.15, 0.2) is 0 Å². The van der Waals surface area contributed by atoms with Gasteiger partial charge < -0.3 is 0 Å². The Hall–Kier alpha value is -0.610. The Balaban J connectivity index is 3.85. The number of hydrogen-bond donors (Lipinski definition) is 0. The van der Waals surface area contributed by atoms with Gasteiger partial charge in [0.05, 0.1) is 12.4 Å². The van der Waals surface area contributed by atoms with Crippen molar-refractivity contribution in [2.24, 2.45) is 0 Å². The monoisotopic (exact) mass is 358 g/mol. The lowest BCUT2D eigenvalue weighted by Crippen LogP contribution is -2.17. The molecule has 0 saturated heterocycles. The van der Waals surface area contributed by atoms with Crippen LogP contribution in [0.3, 0.4) is 0 Å². The minimum atomic E-state index is -3.35. The summed E-state index contributed by atoms with van der Waals surface area (Å²) in [4.78, 5) is 0. The van der Waals surface area contributed by atoms with Crippen LogP contribution in [-0.2, 0) is 14.3 Å². The van der Waals surface area contributed by atoms with Gasteiger partial charge in [-0.3, -0.25) is 4.18 Å². The van der Waals surface area contributed by atoms with Crippen LogP contribution in [0.15, 0.2) is 25.3 Å². The fourth-order valence-electron chi connectivity index (χ4n) is 2.87. The molecular formula is C20H38O3S. The highest BCUT2D eigenvalue weighted by molar-refractivity contribution is 7.86. The van der Waals surface area contributed by atoms with Crippen molar-refractivity contribution in [3.05, 3.63) is 25.3 Å². The van der Waals surface area contributed by atoms with Crippen molar-refractivity contribution in [2.75, 3.05) is 6.26 Å². The first-order chi connectivity index (χ1) is 11.5. The van der Waals surface area contributed by atoms with Crippen molar-refractivity contribution in [3.63, 3.8) is 0 Å². The van der Waals surface area contributed by atoms with Gasteiger partial charge in [0, 0.05) is 0 Å². The Labute approximate surface area is 150 Å². The van der Waals surface area contributed by atoms with Gasteiger partial charge in [0.2, 0.25) is 0 Å². The summed E-state index contributed by atoms with van der Waals surface area (Å²) in [7, 11) is -3.35. The third-order valence-corrected chi connectivity index (χ3v) is 4.80. The van der Waals surface area contributed by atoms with Gasteiger partial charge in [-0.15, -0.1) is 13.2 Å². The van der Waals surface area contributed by atoms with E-state index in [9.17, 15) is 8.42 Å². The van der Waals surface area contributed by atoms with Crippen molar-refractivity contribution >= 4 is 10.1 Å². The average Bonchev–Trinajstić information content (AvgIpc) is 2.51. The molecule has 3 nitrogen and oxygen atoms in total. The van der Waals surface area contributed by atoms with E-state index in [1.54, 1.807) is 0 Å². The standard InChI is InChI=1S/C20H38O3S/c1-4-6-8-10-12-14-16-18-20(23-24(3,21)22)19-17-15-13-11-9-7-5-2/h4-5,20H,1-2,6-19H2,3H3. The molecule has 0 rings (SSSR count). The van der Waals surface area contributed by atoms with Gasteiger partial charge in [-0.25, -0.2) is 0 Å². The molecule has 0 saturated carbocycles. The molecule has 24 heavy (non-hydrogen) atoms. The maximum Gasteiger partial charge on any atom is 0.264 e. The summed E-state index contributed by atoms with van der Waals surface area (Å²) in [5.41, 5.74) is 0. The maximum atomic E-state index is 11.4. The number of rotatable bonds is 18. The maximum absolute atomic E-state index is 11.4. The number of unbranched alkanes of at least 4 members (excludes halogenated alkanes) is 10. The highest BCUT2D eigenvalue weighted by Crippen LogP contribution is 2.18. The first kappa shape index (κ1) is 23.4. The van der Waals surface area contributed by atoms with Crippen LogP contribution >= 0.6 is 0 Å². The zero-order valence-electron chi connectivity index (χ0n) is 15.7. The van der Waals surface area contributed by atoms with E-state index in [4.69, 9.17) is 4.18 Å². The second kappa shape index (κ2) is 15.9. The molecule has 0 aliphatic carbocycles. The molecule has 0 unspecified atom stereocenters. The second-order valence-electron chi connectivity index (χ2n) is 6.69. The van der Waals surface area contributed by atoms with Crippen molar-refractivity contribution in [2.45, 2.75) is 96.0 Å². The topological polar surface area (TPSA) is 43.4 Å². The van der Waals surface area contributed by atoms with Crippen LogP contribution in [0, 0.1) is 0 Å². The Morgan fingerprint density at radius 2 is 1.12 bits per heavy atom. The molecule has 0 spiro atoms. The first-order valence-electron chi connectivity index (χ1n) is 9.59. The quantitative estimate of drug-likeness (QED) is 0.167. The zero-order valence-corrected chi connectivity index (χ0v) is 16.5. The molecule has 0 aliphatic rings. The molecule has 0 bridgehead atoms. The molecule has 0 amide bonds. The Bertz CT molecular complexity index is 379. The first-order valence-corrected chi connectivity index (χ1v) is 11.4. The van der Waals surface area contributed by atoms with Crippen LogP contribution in [0.1, 0.15) is 89.9 Å². The smallest absolute Gasteiger partial charge is 0.264 e. The van der Waals surface area contributed by atoms with Gasteiger partial charge in [0.1, 0.15) is 0 Å². The molecule has 0 heterocycles. The van der Waals surface area contributed by atoms with Gasteiger partial charge in [-0.2, -0.15) is 8.42 Å². The van der Waals surface area contributed by atoms with E-state index >= 15 is 0 Å². The van der Waals surface area contributed by atoms with Gasteiger partial charge in [-0.1, -0.05) is 63.5 Å². The van der Waals surface area contributed by atoms with E-state index in [0.29, 0.717) is 0 Å². The lowest BCUT2D eigenvalue weighted by atomic mass is 10.0. The lowest BCUT2D eigenvalue weighted by molar-refractivity contribution is 0.182. The minimum Gasteiger partial charge on any atom is -0.267 e. The van der Waals surface area contributed by atoms with E-state index < -0.39 is 10.1 Å². The molecule has 0 fully saturated rings. The molecule has 4 heteroatoms. The van der Waals surface area contributed by atoms with Crippen LogP contribution < -0.4 is 0 Å². The average molecular weight is 359 g/mol. The number of allylic oxidation sites excluding steroid dienone is 2. The van der Waals surface area contributed by atoms with Gasteiger partial charge in [-0.05, 0) is 38.5 Å². The van der Waals surface area contributed by atoms with Crippen LogP contribution in [0.4, 0.5) is 0 Å². The Morgan fingerprint density at radius 1 is 0.750 bits per heavy atom. The number of hydrogen-bond acceptors (Lipinski definition) is 3. The van der Waals surface area contributed by atoms with E-state index in [0.717, 1.165) is 57.6 Å². The minimum absolute atomic E-state index is 0.138. The van der Waals surface area contributed by atoms with Crippen LogP contribution in [-0.4, -0.2) is 20.8 Å². The zero-order chi connectivity index (χ0) is 18.1. The van der Waals surface area contributed by atoms with Crippen molar-refractivity contribution in [1.29, 1.82) is 0 Å². The summed E-state index contributed by atoms with van der Waals surface area (Å²) in [6.07, 6.45) is 20.5. The summed E-state index contributed by atoms with van der Waals surface area (Å²) in [6, 6.07) is 0. The van der Waals surface area contributed by atoms with Crippen molar-refractivity contribution < 1.29 is 12.6 Å². The molecule has 142 valence electrons. The summed E-state index contributed by atoms with van der Waals surface area (Å²) in [5, 5.41) is 0. The highest BCUT2D eigenvalue weighted by Gasteiger charge is 2.15. The Kier molecular flexibility index (Phi) is 15.5. The third-order valence-electron chi connectivity index (χ3n) is 4.18. The predicted octanol–water partition coefficient (Wildman–Crippen LogP) is 6.16. The summed E-state index contributed by atoms with van der Waals surface area (Å²) >= 11 is 0. The molecule has 0 N–H and O–H groups in total. The lowest BCUT2D eigenvalue weighted by Gasteiger charge is -2.16. The fraction of sp³-hybridized carbons (Fsp3) is 0.800. The van der Waals surface area contributed by atoms with Crippen molar-refractivity contribution in [3.8, 4) is 0 Å². The highest BCUT2D eigenvalue weighted by atomic mass is 32.2. The normalized spacial score (nSPS) is 11.8. The molecule has 0 aromatic heterocycles. The Morgan fingerprint density at radius 3 is 1.50 bits per heavy atom. The predicted molar refractivity (Wildman–Crippen MR) is 105 cm³/mol. The van der Waals surface area contributed by atoms with E-state index in [-0.39, 0.29) is 6.10 Å². The fourth-order valence-corrected chi connectivity index (χ4v) is 3.56. The second-order valence-corrected chi connectivity index (χ2v) is 8.29. The largest absolute Gasteiger partial charge is 0.267 e. The molecule has 0 aliphatic heterocycles. The van der Waals surface area contributed by atoms with Gasteiger partial charge >= 0.3 is 0 Å². The van der Waals surface area contributed by atoms with Crippen LogP contribution in [0.2, 0.25) is 0 Å². The van der Waals surface area contributed by atoms with Gasteiger partial charge in [0.25, 0.3) is 10.1 Å². The van der Waals surface area contributed by atoms with E-state index in [2.05, 4.69) is 13.2 Å². The van der Waals surface area contributed by atoms with Crippen molar-refractivity contribution in [1.82, 2.24) is 0 Å². The van der Waals surface area contributed by atoms with E-state index in [1.807, 2.05) is 12.2 Å². The summed E-state index contributed by atoms with van der Waals surface area (Å²) in [5.74, 6) is 0. The van der Waals surface area contributed by atoms with E-state index in [1.165, 1.54) is 38.5 Å². The SMILES string of the molecule is C=CCCCCCCCC(CCCCCCCC=C)OS(C)(=O)=O. The molecular weight excluding hydrogens is 320 g/mol. The van der Waals surface area contributed by atoms with Crippen LogP contribution in [0.5, 0.6) is 0 Å².